The summed E-state index contributed by atoms with van der Waals surface area (Å²) in [5.41, 5.74) is 4.73. The summed E-state index contributed by atoms with van der Waals surface area (Å²) in [6.45, 7) is 1.67. The molecule has 0 N–H and O–H groups in total. The van der Waals surface area contributed by atoms with Gasteiger partial charge in [0.2, 0.25) is 0 Å². The second-order valence-electron chi connectivity index (χ2n) is 5.42. The van der Waals surface area contributed by atoms with Crippen LogP contribution in [0.5, 0.6) is 0 Å². The van der Waals surface area contributed by atoms with Crippen molar-refractivity contribution in [2.24, 2.45) is 0 Å². The zero-order chi connectivity index (χ0) is 14.8. The fourth-order valence-corrected chi connectivity index (χ4v) is 2.70. The number of aromatic nitrogens is 4. The monoisotopic (exact) mass is 288 g/mol. The lowest BCUT2D eigenvalue weighted by Crippen LogP contribution is -1.99. The molecule has 0 atom stereocenters. The largest absolute Gasteiger partial charge is 0.333 e. The van der Waals surface area contributed by atoms with Crippen LogP contribution in [-0.4, -0.2) is 19.1 Å². The van der Waals surface area contributed by atoms with Gasteiger partial charge in [-0.05, 0) is 23.3 Å². The first-order chi connectivity index (χ1) is 10.9. The minimum Gasteiger partial charge on any atom is -0.333 e. The standard InChI is InChI=1S/C18H16N4/c1-2-4-15(5-3-1)12-22-14-20-17-7-6-16(10-18(17)22)11-21-9-8-19-13-21/h1-10,13-14H,11-12H2. The van der Waals surface area contributed by atoms with Crippen LogP contribution in [0.3, 0.4) is 0 Å². The van der Waals surface area contributed by atoms with Crippen LogP contribution >= 0.6 is 0 Å². The number of nitrogens with zero attached hydrogens (tertiary/aromatic N) is 4. The van der Waals surface area contributed by atoms with E-state index in [4.69, 9.17) is 0 Å². The first-order valence-electron chi connectivity index (χ1n) is 7.32. The fourth-order valence-electron chi connectivity index (χ4n) is 2.70. The lowest BCUT2D eigenvalue weighted by molar-refractivity contribution is 0.794. The van der Waals surface area contributed by atoms with Gasteiger partial charge in [0, 0.05) is 25.5 Å². The topological polar surface area (TPSA) is 35.6 Å². The SMILES string of the molecule is c1ccc(Cn2cnc3ccc(Cn4ccnc4)cc32)cc1. The average Bonchev–Trinajstić information content (AvgIpc) is 3.19. The first-order valence-corrected chi connectivity index (χ1v) is 7.32. The Morgan fingerprint density at radius 3 is 2.59 bits per heavy atom. The molecule has 4 nitrogen and oxygen atoms in total. The van der Waals surface area contributed by atoms with Crippen LogP contribution < -0.4 is 0 Å². The highest BCUT2D eigenvalue weighted by molar-refractivity contribution is 5.76. The maximum atomic E-state index is 4.50. The maximum Gasteiger partial charge on any atom is 0.0961 e. The second-order valence-corrected chi connectivity index (χ2v) is 5.42. The molecule has 4 rings (SSSR count). The average molecular weight is 288 g/mol. The predicted octanol–water partition coefficient (Wildman–Crippen LogP) is 3.33. The summed E-state index contributed by atoms with van der Waals surface area (Å²) in [5.74, 6) is 0. The zero-order valence-corrected chi connectivity index (χ0v) is 12.1. The van der Waals surface area contributed by atoms with Gasteiger partial charge >= 0.3 is 0 Å². The number of hydrogen-bond acceptors (Lipinski definition) is 2. The van der Waals surface area contributed by atoms with Crippen molar-refractivity contribution in [2.45, 2.75) is 13.1 Å². The molecule has 0 saturated carbocycles. The highest BCUT2D eigenvalue weighted by atomic mass is 15.0. The molecule has 4 heteroatoms. The van der Waals surface area contributed by atoms with Gasteiger partial charge in [-0.25, -0.2) is 9.97 Å². The number of imidazole rings is 2. The molecule has 2 aromatic heterocycles. The van der Waals surface area contributed by atoms with Crippen molar-refractivity contribution in [3.8, 4) is 0 Å². The zero-order valence-electron chi connectivity index (χ0n) is 12.1. The predicted molar refractivity (Wildman–Crippen MR) is 86.6 cm³/mol. The lowest BCUT2D eigenvalue weighted by Gasteiger charge is -2.07. The quantitative estimate of drug-likeness (QED) is 0.577. The Labute approximate surface area is 128 Å². The van der Waals surface area contributed by atoms with Crippen molar-refractivity contribution in [3.63, 3.8) is 0 Å². The lowest BCUT2D eigenvalue weighted by atomic mass is 10.2. The van der Waals surface area contributed by atoms with Crippen molar-refractivity contribution in [3.05, 3.63) is 84.7 Å². The molecule has 0 amide bonds. The maximum absolute atomic E-state index is 4.50. The van der Waals surface area contributed by atoms with Crippen LogP contribution in [0.15, 0.2) is 73.6 Å². The Morgan fingerprint density at radius 1 is 0.864 bits per heavy atom. The highest BCUT2D eigenvalue weighted by Crippen LogP contribution is 2.17. The van der Waals surface area contributed by atoms with Crippen molar-refractivity contribution in [1.29, 1.82) is 0 Å². The molecule has 4 aromatic rings. The van der Waals surface area contributed by atoms with Gasteiger partial charge in [0.15, 0.2) is 0 Å². The molecule has 2 aromatic carbocycles. The van der Waals surface area contributed by atoms with Crippen molar-refractivity contribution >= 4 is 11.0 Å². The van der Waals surface area contributed by atoms with Gasteiger partial charge in [0.1, 0.15) is 0 Å². The van der Waals surface area contributed by atoms with E-state index in [1.807, 2.05) is 24.9 Å². The van der Waals surface area contributed by atoms with Crippen LogP contribution in [0.25, 0.3) is 11.0 Å². The summed E-state index contributed by atoms with van der Waals surface area (Å²) in [6, 6.07) is 16.9. The molecule has 0 aliphatic carbocycles. The van der Waals surface area contributed by atoms with Crippen molar-refractivity contribution in [2.75, 3.05) is 0 Å². The van der Waals surface area contributed by atoms with Gasteiger partial charge in [0.25, 0.3) is 0 Å². The van der Waals surface area contributed by atoms with Crippen LogP contribution in [-0.2, 0) is 13.1 Å². The molecule has 0 fully saturated rings. The number of fused-ring (bicyclic) bond motifs is 1. The molecular formula is C18H16N4. The first kappa shape index (κ1) is 12.8. The van der Waals surface area contributed by atoms with E-state index >= 15 is 0 Å². The van der Waals surface area contributed by atoms with Gasteiger partial charge in [-0.2, -0.15) is 0 Å². The Bertz CT molecular complexity index is 876. The third-order valence-corrected chi connectivity index (χ3v) is 3.81. The van der Waals surface area contributed by atoms with Gasteiger partial charge in [-0.15, -0.1) is 0 Å². The molecule has 2 heterocycles. The highest BCUT2D eigenvalue weighted by Gasteiger charge is 2.05. The molecule has 0 radical (unpaired) electrons. The van der Waals surface area contributed by atoms with E-state index in [0.29, 0.717) is 0 Å². The van der Waals surface area contributed by atoms with Crippen LogP contribution in [0.4, 0.5) is 0 Å². The third-order valence-electron chi connectivity index (χ3n) is 3.81. The molecule has 0 saturated heterocycles. The van der Waals surface area contributed by atoms with E-state index in [-0.39, 0.29) is 0 Å². The van der Waals surface area contributed by atoms with Gasteiger partial charge < -0.3 is 9.13 Å². The summed E-state index contributed by atoms with van der Waals surface area (Å²) >= 11 is 0. The molecule has 0 bridgehead atoms. The van der Waals surface area contributed by atoms with Crippen LogP contribution in [0, 0.1) is 0 Å². The minimum absolute atomic E-state index is 0.826. The van der Waals surface area contributed by atoms with Gasteiger partial charge in [-0.3, -0.25) is 0 Å². The Hall–Kier alpha value is -2.88. The summed E-state index contributed by atoms with van der Waals surface area (Å²) in [4.78, 5) is 8.59. The Balaban J connectivity index is 1.67. The number of rotatable bonds is 4. The molecule has 0 aliphatic heterocycles. The van der Waals surface area contributed by atoms with E-state index in [2.05, 4.69) is 61.6 Å². The molecule has 0 spiro atoms. The second kappa shape index (κ2) is 5.48. The normalized spacial score (nSPS) is 11.1. The molecule has 0 aliphatic rings. The Morgan fingerprint density at radius 2 is 1.77 bits per heavy atom. The fraction of sp³-hybridized carbons (Fsp3) is 0.111. The third kappa shape index (κ3) is 2.51. The molecule has 0 unspecified atom stereocenters. The van der Waals surface area contributed by atoms with E-state index in [0.717, 1.165) is 18.6 Å². The summed E-state index contributed by atoms with van der Waals surface area (Å²) in [5, 5.41) is 0. The van der Waals surface area contributed by atoms with Crippen molar-refractivity contribution in [1.82, 2.24) is 19.1 Å². The minimum atomic E-state index is 0.826. The van der Waals surface area contributed by atoms with Gasteiger partial charge in [0.05, 0.1) is 23.7 Å². The smallest absolute Gasteiger partial charge is 0.0961 e. The molecule has 22 heavy (non-hydrogen) atoms. The summed E-state index contributed by atoms with van der Waals surface area (Å²) < 4.78 is 4.27. The number of benzene rings is 2. The van der Waals surface area contributed by atoms with E-state index in [1.54, 1.807) is 6.20 Å². The van der Waals surface area contributed by atoms with E-state index in [1.165, 1.54) is 16.6 Å². The van der Waals surface area contributed by atoms with E-state index in [9.17, 15) is 0 Å². The summed E-state index contributed by atoms with van der Waals surface area (Å²) in [6.07, 6.45) is 7.54. The van der Waals surface area contributed by atoms with Crippen molar-refractivity contribution < 1.29 is 0 Å². The van der Waals surface area contributed by atoms with E-state index < -0.39 is 0 Å². The molecular weight excluding hydrogens is 272 g/mol. The molecule has 108 valence electrons. The number of hydrogen-bond donors (Lipinski definition) is 0. The van der Waals surface area contributed by atoms with Crippen LogP contribution in [0.1, 0.15) is 11.1 Å². The summed E-state index contributed by atoms with van der Waals surface area (Å²) in [7, 11) is 0. The Kier molecular flexibility index (Phi) is 3.20. The van der Waals surface area contributed by atoms with Crippen LogP contribution in [0.2, 0.25) is 0 Å². The van der Waals surface area contributed by atoms with Gasteiger partial charge in [-0.1, -0.05) is 36.4 Å².